The molecule has 1 unspecified atom stereocenters. The van der Waals surface area contributed by atoms with Crippen LogP contribution in [0.3, 0.4) is 0 Å². The molecule has 1 heterocycles. The summed E-state index contributed by atoms with van der Waals surface area (Å²) in [5, 5.41) is 0. The van der Waals surface area contributed by atoms with Gasteiger partial charge in [-0.25, -0.2) is 4.79 Å². The van der Waals surface area contributed by atoms with E-state index in [1.807, 2.05) is 6.92 Å². The van der Waals surface area contributed by atoms with E-state index in [-0.39, 0.29) is 11.6 Å². The van der Waals surface area contributed by atoms with E-state index in [0.29, 0.717) is 0 Å². The van der Waals surface area contributed by atoms with E-state index < -0.39 is 0 Å². The molecular weight excluding hydrogens is 164 g/mol. The van der Waals surface area contributed by atoms with Gasteiger partial charge < -0.3 is 4.74 Å². The summed E-state index contributed by atoms with van der Waals surface area (Å²) in [7, 11) is 0. The summed E-state index contributed by atoms with van der Waals surface area (Å²) < 4.78 is 5.02. The summed E-state index contributed by atoms with van der Waals surface area (Å²) in [6, 6.07) is 0. The Hall–Kier alpha value is -0.530. The number of hydrogen-bond donors (Lipinski definition) is 0. The summed E-state index contributed by atoms with van der Waals surface area (Å²) >= 11 is 0. The average Bonchev–Trinajstić information content (AvgIpc) is 2.78. The maximum absolute atomic E-state index is 10.9. The summed E-state index contributed by atoms with van der Waals surface area (Å²) in [5.74, 6) is 0.0190. The van der Waals surface area contributed by atoms with Crippen LogP contribution in [0.1, 0.15) is 58.8 Å². The summed E-state index contributed by atoms with van der Waals surface area (Å²) in [4.78, 5) is 10.9. The van der Waals surface area contributed by atoms with E-state index in [1.165, 1.54) is 25.7 Å². The van der Waals surface area contributed by atoms with Gasteiger partial charge >= 0.3 is 5.97 Å². The van der Waals surface area contributed by atoms with E-state index in [1.54, 1.807) is 0 Å². The average molecular weight is 184 g/mol. The third-order valence-corrected chi connectivity index (χ3v) is 2.87. The van der Waals surface area contributed by atoms with Gasteiger partial charge in [-0.1, -0.05) is 39.5 Å². The van der Waals surface area contributed by atoms with Gasteiger partial charge in [-0.15, -0.1) is 0 Å². The molecule has 1 atom stereocenters. The zero-order chi connectivity index (χ0) is 9.73. The molecule has 0 radical (unpaired) electrons. The van der Waals surface area contributed by atoms with Crippen molar-refractivity contribution in [3.05, 3.63) is 0 Å². The Morgan fingerprint density at radius 3 is 2.23 bits per heavy atom. The minimum atomic E-state index is -0.341. The Morgan fingerprint density at radius 2 is 1.77 bits per heavy atom. The zero-order valence-corrected chi connectivity index (χ0v) is 8.77. The number of unbranched alkanes of at least 4 members (excludes halogenated alkanes) is 4. The third kappa shape index (κ3) is 2.71. The predicted octanol–water partition coefficient (Wildman–Crippen LogP) is 3.05. The van der Waals surface area contributed by atoms with Crippen LogP contribution in [0.5, 0.6) is 0 Å². The molecule has 0 amide bonds. The van der Waals surface area contributed by atoms with Gasteiger partial charge in [0.2, 0.25) is 5.60 Å². The lowest BCUT2D eigenvalue weighted by Gasteiger charge is -2.04. The number of epoxide rings is 1. The zero-order valence-electron chi connectivity index (χ0n) is 8.77. The summed E-state index contributed by atoms with van der Waals surface area (Å²) in [6.45, 7) is 4.23. The van der Waals surface area contributed by atoms with Crippen LogP contribution in [0.25, 0.3) is 0 Å². The summed E-state index contributed by atoms with van der Waals surface area (Å²) in [6.07, 6.45) is 8.05. The molecule has 0 aliphatic carbocycles. The normalized spacial score (nSPS) is 25.8. The van der Waals surface area contributed by atoms with Gasteiger partial charge in [0.25, 0.3) is 0 Å². The molecule has 1 rings (SSSR count). The van der Waals surface area contributed by atoms with Crippen molar-refractivity contribution in [3.8, 4) is 0 Å². The van der Waals surface area contributed by atoms with E-state index in [0.717, 1.165) is 19.3 Å². The molecule has 13 heavy (non-hydrogen) atoms. The van der Waals surface area contributed by atoms with Crippen molar-refractivity contribution in [1.82, 2.24) is 0 Å². The monoisotopic (exact) mass is 184 g/mol. The van der Waals surface area contributed by atoms with Crippen LogP contribution in [0.4, 0.5) is 0 Å². The van der Waals surface area contributed by atoms with Crippen molar-refractivity contribution < 1.29 is 9.53 Å². The van der Waals surface area contributed by atoms with Gasteiger partial charge in [0.05, 0.1) is 0 Å². The SMILES string of the molecule is CCCCCCCC1(CC)OC1=O. The first-order valence-corrected chi connectivity index (χ1v) is 5.48. The maximum atomic E-state index is 10.9. The van der Waals surface area contributed by atoms with Crippen molar-refractivity contribution in [3.63, 3.8) is 0 Å². The van der Waals surface area contributed by atoms with Crippen LogP contribution in [0.2, 0.25) is 0 Å². The lowest BCUT2D eigenvalue weighted by molar-refractivity contribution is -0.117. The van der Waals surface area contributed by atoms with Crippen LogP contribution in [-0.2, 0) is 9.53 Å². The van der Waals surface area contributed by atoms with Crippen LogP contribution >= 0.6 is 0 Å². The van der Waals surface area contributed by atoms with Gasteiger partial charge in [0.1, 0.15) is 0 Å². The van der Waals surface area contributed by atoms with Gasteiger partial charge in [-0.2, -0.15) is 0 Å². The van der Waals surface area contributed by atoms with Crippen molar-refractivity contribution in [1.29, 1.82) is 0 Å². The molecule has 1 fully saturated rings. The third-order valence-electron chi connectivity index (χ3n) is 2.87. The first kappa shape index (κ1) is 10.6. The van der Waals surface area contributed by atoms with Crippen molar-refractivity contribution in [2.75, 3.05) is 0 Å². The van der Waals surface area contributed by atoms with Crippen LogP contribution in [0, 0.1) is 0 Å². The molecule has 0 saturated carbocycles. The Labute approximate surface area is 80.7 Å². The molecule has 76 valence electrons. The van der Waals surface area contributed by atoms with Crippen LogP contribution < -0.4 is 0 Å². The van der Waals surface area contributed by atoms with E-state index >= 15 is 0 Å². The lowest BCUT2D eigenvalue weighted by Crippen LogP contribution is -2.10. The Balaban J connectivity index is 2.02. The van der Waals surface area contributed by atoms with Crippen molar-refractivity contribution >= 4 is 5.97 Å². The molecule has 1 aliphatic rings. The molecule has 0 aromatic rings. The molecule has 0 aromatic carbocycles. The fourth-order valence-corrected chi connectivity index (χ4v) is 1.71. The second-order valence-corrected chi connectivity index (χ2v) is 3.90. The Morgan fingerprint density at radius 1 is 1.15 bits per heavy atom. The fourth-order valence-electron chi connectivity index (χ4n) is 1.71. The van der Waals surface area contributed by atoms with Gasteiger partial charge in [0, 0.05) is 0 Å². The molecule has 1 saturated heterocycles. The first-order valence-electron chi connectivity index (χ1n) is 5.48. The Bertz CT molecular complexity index is 177. The van der Waals surface area contributed by atoms with Gasteiger partial charge in [0.15, 0.2) is 0 Å². The second-order valence-electron chi connectivity index (χ2n) is 3.90. The van der Waals surface area contributed by atoms with E-state index in [4.69, 9.17) is 4.74 Å². The molecule has 0 aromatic heterocycles. The molecular formula is C11H20O2. The van der Waals surface area contributed by atoms with Crippen LogP contribution in [-0.4, -0.2) is 11.6 Å². The van der Waals surface area contributed by atoms with E-state index in [2.05, 4.69) is 6.92 Å². The van der Waals surface area contributed by atoms with E-state index in [9.17, 15) is 4.79 Å². The Kier molecular flexibility index (Phi) is 3.76. The predicted molar refractivity (Wildman–Crippen MR) is 52.5 cm³/mol. The van der Waals surface area contributed by atoms with Gasteiger partial charge in [-0.05, 0) is 19.3 Å². The molecule has 1 aliphatic heterocycles. The topological polar surface area (TPSA) is 29.6 Å². The standard InChI is InChI=1S/C11H20O2/c1-3-5-6-7-8-9-11(4-2)10(12)13-11/h3-9H2,1-2H3. The highest BCUT2D eigenvalue weighted by Crippen LogP contribution is 2.37. The molecule has 0 N–H and O–H groups in total. The van der Waals surface area contributed by atoms with Crippen molar-refractivity contribution in [2.45, 2.75) is 64.4 Å². The molecule has 2 nitrogen and oxygen atoms in total. The highest BCUT2D eigenvalue weighted by Gasteiger charge is 2.55. The molecule has 0 spiro atoms. The number of carbonyl (C=O) groups excluding carboxylic acids is 1. The fraction of sp³-hybridized carbons (Fsp3) is 0.909. The smallest absolute Gasteiger partial charge is 0.351 e. The number of rotatable bonds is 7. The van der Waals surface area contributed by atoms with Gasteiger partial charge in [-0.3, -0.25) is 0 Å². The minimum Gasteiger partial charge on any atom is -0.444 e. The number of hydrogen-bond acceptors (Lipinski definition) is 2. The minimum absolute atomic E-state index is 0.0190. The number of cyclic esters (lactones) is 1. The largest absolute Gasteiger partial charge is 0.444 e. The second kappa shape index (κ2) is 4.64. The quantitative estimate of drug-likeness (QED) is 0.449. The molecule has 0 bridgehead atoms. The highest BCUT2D eigenvalue weighted by atomic mass is 16.7. The number of ether oxygens (including phenoxy) is 1. The van der Waals surface area contributed by atoms with Crippen LogP contribution in [0.15, 0.2) is 0 Å². The summed E-state index contributed by atoms with van der Waals surface area (Å²) in [5.41, 5.74) is -0.341. The first-order chi connectivity index (χ1) is 6.25. The highest BCUT2D eigenvalue weighted by molar-refractivity contribution is 5.92. The lowest BCUT2D eigenvalue weighted by atomic mass is 9.98. The maximum Gasteiger partial charge on any atom is 0.351 e. The molecule has 2 heteroatoms. The number of carbonyl (C=O) groups is 1. The van der Waals surface area contributed by atoms with Crippen molar-refractivity contribution in [2.24, 2.45) is 0 Å².